The second-order valence-corrected chi connectivity index (χ2v) is 5.58. The Bertz CT molecular complexity index is 300. The van der Waals surface area contributed by atoms with Crippen molar-refractivity contribution in [3.63, 3.8) is 0 Å². The molecule has 1 atom stereocenters. The molecule has 1 amide bonds. The molecule has 0 bridgehead atoms. The Balaban J connectivity index is 2.70. The SMILES string of the molecule is Cc1cc(NC(=O)C(C)Br)sc1C. The Morgan fingerprint density at radius 3 is 2.62 bits per heavy atom. The number of hydrogen-bond acceptors (Lipinski definition) is 2. The molecule has 0 radical (unpaired) electrons. The summed E-state index contributed by atoms with van der Waals surface area (Å²) < 4.78 is 0. The first kappa shape index (κ1) is 10.7. The molecule has 0 aromatic carbocycles. The van der Waals surface area contributed by atoms with Gasteiger partial charge < -0.3 is 5.32 Å². The molecule has 1 N–H and O–H groups in total. The predicted octanol–water partition coefficient (Wildman–Crippen LogP) is 3.09. The summed E-state index contributed by atoms with van der Waals surface area (Å²) in [5.41, 5.74) is 1.22. The number of amides is 1. The van der Waals surface area contributed by atoms with Gasteiger partial charge in [0.15, 0.2) is 0 Å². The number of thiophene rings is 1. The molecule has 0 saturated heterocycles. The van der Waals surface area contributed by atoms with Crippen LogP contribution in [0.4, 0.5) is 5.00 Å². The number of aryl methyl sites for hydroxylation is 2. The van der Waals surface area contributed by atoms with Gasteiger partial charge in [0.05, 0.1) is 9.83 Å². The van der Waals surface area contributed by atoms with Crippen molar-refractivity contribution >= 4 is 38.2 Å². The first-order valence-corrected chi connectivity index (χ1v) is 5.76. The van der Waals surface area contributed by atoms with Crippen LogP contribution in [0.2, 0.25) is 0 Å². The van der Waals surface area contributed by atoms with Gasteiger partial charge in [-0.2, -0.15) is 0 Å². The predicted molar refractivity (Wildman–Crippen MR) is 60.8 cm³/mol. The van der Waals surface area contributed by atoms with Gasteiger partial charge >= 0.3 is 0 Å². The van der Waals surface area contributed by atoms with Crippen LogP contribution < -0.4 is 5.32 Å². The van der Waals surface area contributed by atoms with E-state index in [9.17, 15) is 4.79 Å². The molecule has 4 heteroatoms. The van der Waals surface area contributed by atoms with E-state index in [4.69, 9.17) is 0 Å². The van der Waals surface area contributed by atoms with Crippen LogP contribution >= 0.6 is 27.3 Å². The third-order valence-corrected chi connectivity index (χ3v) is 3.26. The maximum absolute atomic E-state index is 11.3. The van der Waals surface area contributed by atoms with Crippen LogP contribution in [0.1, 0.15) is 17.4 Å². The molecule has 0 spiro atoms. The van der Waals surface area contributed by atoms with E-state index in [1.54, 1.807) is 11.3 Å². The maximum atomic E-state index is 11.3. The second-order valence-electron chi connectivity index (χ2n) is 2.96. The standard InChI is InChI=1S/C9H12BrNOS/c1-5-4-8(13-7(5)3)11-9(12)6(2)10/h4,6H,1-3H3,(H,11,12). The molecular weight excluding hydrogens is 250 g/mol. The minimum absolute atomic E-state index is 0.00116. The van der Waals surface area contributed by atoms with Gasteiger partial charge in [-0.05, 0) is 32.4 Å². The van der Waals surface area contributed by atoms with Crippen molar-refractivity contribution in [2.75, 3.05) is 5.32 Å². The average Bonchev–Trinajstić information content (AvgIpc) is 2.31. The lowest BCUT2D eigenvalue weighted by Crippen LogP contribution is -2.19. The number of carbonyl (C=O) groups is 1. The van der Waals surface area contributed by atoms with E-state index in [1.807, 2.05) is 26.8 Å². The van der Waals surface area contributed by atoms with Crippen molar-refractivity contribution in [1.82, 2.24) is 0 Å². The van der Waals surface area contributed by atoms with E-state index in [2.05, 4.69) is 21.2 Å². The van der Waals surface area contributed by atoms with Crippen LogP contribution in [-0.4, -0.2) is 10.7 Å². The molecule has 0 saturated carbocycles. The Morgan fingerprint density at radius 1 is 1.62 bits per heavy atom. The van der Waals surface area contributed by atoms with Crippen molar-refractivity contribution in [2.24, 2.45) is 0 Å². The summed E-state index contributed by atoms with van der Waals surface area (Å²) in [7, 11) is 0. The summed E-state index contributed by atoms with van der Waals surface area (Å²) in [5.74, 6) is 0.00116. The number of rotatable bonds is 2. The molecule has 1 aromatic heterocycles. The van der Waals surface area contributed by atoms with Gasteiger partial charge in [0, 0.05) is 4.88 Å². The quantitative estimate of drug-likeness (QED) is 0.815. The van der Waals surface area contributed by atoms with Crippen molar-refractivity contribution < 1.29 is 4.79 Å². The lowest BCUT2D eigenvalue weighted by Gasteiger charge is -2.02. The molecule has 0 aliphatic rings. The zero-order valence-corrected chi connectivity index (χ0v) is 10.3. The zero-order valence-electron chi connectivity index (χ0n) is 7.85. The molecule has 1 unspecified atom stereocenters. The van der Waals surface area contributed by atoms with Gasteiger partial charge in [0.2, 0.25) is 5.91 Å². The monoisotopic (exact) mass is 261 g/mol. The summed E-state index contributed by atoms with van der Waals surface area (Å²) in [6.07, 6.45) is 0. The van der Waals surface area contributed by atoms with Gasteiger partial charge in [0.1, 0.15) is 0 Å². The Hall–Kier alpha value is -0.350. The second kappa shape index (κ2) is 4.24. The molecule has 1 aromatic rings. The van der Waals surface area contributed by atoms with Crippen LogP contribution in [0, 0.1) is 13.8 Å². The Kier molecular flexibility index (Phi) is 3.50. The van der Waals surface area contributed by atoms with E-state index in [0.29, 0.717) is 0 Å². The fraction of sp³-hybridized carbons (Fsp3) is 0.444. The molecule has 13 heavy (non-hydrogen) atoms. The highest BCUT2D eigenvalue weighted by molar-refractivity contribution is 9.10. The summed E-state index contributed by atoms with van der Waals surface area (Å²) in [4.78, 5) is 12.4. The minimum Gasteiger partial charge on any atom is -0.317 e. The highest BCUT2D eigenvalue weighted by Gasteiger charge is 2.10. The zero-order chi connectivity index (χ0) is 10.0. The average molecular weight is 262 g/mol. The van der Waals surface area contributed by atoms with E-state index in [-0.39, 0.29) is 10.7 Å². The Labute approximate surface area is 90.5 Å². The van der Waals surface area contributed by atoms with Gasteiger partial charge in [-0.15, -0.1) is 11.3 Å². The molecule has 2 nitrogen and oxygen atoms in total. The van der Waals surface area contributed by atoms with Gasteiger partial charge in [-0.25, -0.2) is 0 Å². The lowest BCUT2D eigenvalue weighted by atomic mass is 10.3. The third kappa shape index (κ3) is 2.81. The first-order chi connectivity index (χ1) is 6.00. The van der Waals surface area contributed by atoms with Crippen molar-refractivity contribution in [2.45, 2.75) is 25.6 Å². The van der Waals surface area contributed by atoms with Gasteiger partial charge in [0.25, 0.3) is 0 Å². The number of hydrogen-bond donors (Lipinski definition) is 1. The van der Waals surface area contributed by atoms with Crippen LogP contribution in [-0.2, 0) is 4.79 Å². The minimum atomic E-state index is -0.143. The fourth-order valence-electron chi connectivity index (χ4n) is 0.856. The molecule has 72 valence electrons. The first-order valence-electron chi connectivity index (χ1n) is 4.02. The highest BCUT2D eigenvalue weighted by atomic mass is 79.9. The lowest BCUT2D eigenvalue weighted by molar-refractivity contribution is -0.115. The Morgan fingerprint density at radius 2 is 2.23 bits per heavy atom. The van der Waals surface area contributed by atoms with E-state index >= 15 is 0 Å². The molecule has 0 aliphatic carbocycles. The largest absolute Gasteiger partial charge is 0.317 e. The molecule has 1 rings (SSSR count). The van der Waals surface area contributed by atoms with Crippen LogP contribution in [0.3, 0.4) is 0 Å². The number of carbonyl (C=O) groups excluding carboxylic acids is 1. The van der Waals surface area contributed by atoms with Gasteiger partial charge in [-0.3, -0.25) is 4.79 Å². The highest BCUT2D eigenvalue weighted by Crippen LogP contribution is 2.25. The van der Waals surface area contributed by atoms with Gasteiger partial charge in [-0.1, -0.05) is 15.9 Å². The molecule has 0 aliphatic heterocycles. The van der Waals surface area contributed by atoms with E-state index < -0.39 is 0 Å². The third-order valence-electron chi connectivity index (χ3n) is 1.77. The maximum Gasteiger partial charge on any atom is 0.238 e. The van der Waals surface area contributed by atoms with E-state index in [0.717, 1.165) is 5.00 Å². The van der Waals surface area contributed by atoms with Crippen molar-refractivity contribution in [3.8, 4) is 0 Å². The topological polar surface area (TPSA) is 29.1 Å². The van der Waals surface area contributed by atoms with Crippen LogP contribution in [0.15, 0.2) is 6.07 Å². The summed E-state index contributed by atoms with van der Waals surface area (Å²) in [5, 5.41) is 3.76. The number of alkyl halides is 1. The molecular formula is C9H12BrNOS. The summed E-state index contributed by atoms with van der Waals surface area (Å²) in [6.45, 7) is 5.90. The number of nitrogens with one attached hydrogen (secondary N) is 1. The fourth-order valence-corrected chi connectivity index (χ4v) is 1.91. The van der Waals surface area contributed by atoms with Crippen molar-refractivity contribution in [3.05, 3.63) is 16.5 Å². The van der Waals surface area contributed by atoms with Crippen LogP contribution in [0.5, 0.6) is 0 Å². The summed E-state index contributed by atoms with van der Waals surface area (Å²) >= 11 is 4.82. The number of anilines is 1. The normalized spacial score (nSPS) is 12.6. The smallest absolute Gasteiger partial charge is 0.238 e. The van der Waals surface area contributed by atoms with Crippen molar-refractivity contribution in [1.29, 1.82) is 0 Å². The molecule has 0 fully saturated rings. The van der Waals surface area contributed by atoms with E-state index in [1.165, 1.54) is 10.4 Å². The summed E-state index contributed by atoms with van der Waals surface area (Å²) in [6, 6.07) is 1.99. The molecule has 1 heterocycles. The number of halogens is 1. The van der Waals surface area contributed by atoms with Crippen LogP contribution in [0.25, 0.3) is 0 Å².